The monoisotopic (exact) mass is 213 g/mol. The first-order chi connectivity index (χ1) is 6.43. The molecule has 1 rings (SSSR count). The summed E-state index contributed by atoms with van der Waals surface area (Å²) in [5.74, 6) is 2.70. The van der Waals surface area contributed by atoms with Gasteiger partial charge in [0.1, 0.15) is 5.82 Å². The van der Waals surface area contributed by atoms with E-state index < -0.39 is 0 Å². The summed E-state index contributed by atoms with van der Waals surface area (Å²) < 4.78 is 1.91. The average molecular weight is 213 g/mol. The average Bonchev–Trinajstić information content (AvgIpc) is 2.47. The Morgan fingerprint density at radius 3 is 1.93 bits per heavy atom. The van der Waals surface area contributed by atoms with E-state index in [1.54, 1.807) is 0 Å². The molecule has 0 aromatic carbocycles. The molecule has 0 saturated heterocycles. The van der Waals surface area contributed by atoms with E-state index in [1.807, 2.05) is 11.6 Å². The Morgan fingerprint density at radius 2 is 1.64 bits per heavy atom. The minimum atomic E-state index is 0.0902. The Labute approximate surface area is 91.3 Å². The second-order valence-corrected chi connectivity index (χ2v) is 4.96. The van der Waals surface area contributed by atoms with Crippen LogP contribution in [0.2, 0.25) is 0 Å². The molecule has 0 aliphatic carbocycles. The van der Waals surface area contributed by atoms with Gasteiger partial charge in [-0.3, -0.25) is 0 Å². The Hall–Kier alpha value is -0.510. The second kappa shape index (κ2) is 4.34. The summed E-state index contributed by atoms with van der Waals surface area (Å²) in [6.07, 6.45) is 0. The molecule has 3 nitrogen and oxygen atoms in total. The van der Waals surface area contributed by atoms with Crippen LogP contribution >= 0.6 is 12.6 Å². The fourth-order valence-corrected chi connectivity index (χ4v) is 1.44. The van der Waals surface area contributed by atoms with Gasteiger partial charge in [-0.15, -0.1) is 0 Å². The molecule has 0 amide bonds. The minimum Gasteiger partial charge on any atom is -0.237 e. The maximum Gasteiger partial charge on any atom is 0.153 e. The van der Waals surface area contributed by atoms with Crippen molar-refractivity contribution < 1.29 is 0 Å². The summed E-state index contributed by atoms with van der Waals surface area (Å²) in [6, 6.07) is 0. The van der Waals surface area contributed by atoms with Gasteiger partial charge < -0.3 is 0 Å². The lowest BCUT2D eigenvalue weighted by molar-refractivity contribution is 0.573. The van der Waals surface area contributed by atoms with Crippen molar-refractivity contribution >= 4 is 12.6 Å². The number of rotatable bonds is 3. The highest BCUT2D eigenvalue weighted by atomic mass is 32.1. The van der Waals surface area contributed by atoms with Crippen LogP contribution < -0.4 is 0 Å². The highest BCUT2D eigenvalue weighted by molar-refractivity contribution is 7.80. The fourth-order valence-electron chi connectivity index (χ4n) is 1.27. The molecule has 0 bridgehead atoms. The summed E-state index contributed by atoms with van der Waals surface area (Å²) in [7, 11) is 0. The second-order valence-electron chi connectivity index (χ2n) is 4.21. The summed E-state index contributed by atoms with van der Waals surface area (Å²) in [6.45, 7) is 10.5. The van der Waals surface area contributed by atoms with Crippen LogP contribution in [0.3, 0.4) is 0 Å². The first kappa shape index (κ1) is 11.6. The van der Waals surface area contributed by atoms with Crippen LogP contribution in [0.4, 0.5) is 0 Å². The largest absolute Gasteiger partial charge is 0.237 e. The van der Waals surface area contributed by atoms with Crippen LogP contribution in [-0.2, 0) is 0 Å². The molecular weight excluding hydrogens is 194 g/mol. The van der Waals surface area contributed by atoms with Gasteiger partial charge in [0.2, 0.25) is 0 Å². The normalized spacial score (nSPS) is 14.0. The predicted molar refractivity (Wildman–Crippen MR) is 61.9 cm³/mol. The van der Waals surface area contributed by atoms with E-state index in [0.29, 0.717) is 11.8 Å². The standard InChI is InChI=1S/C10H19N3S/c1-6(2)9-11-10(7(3)4)13(12-9)8(5)14/h6-8,14H,1-5H3. The molecule has 0 aliphatic rings. The Balaban J connectivity index is 3.12. The van der Waals surface area contributed by atoms with Crippen molar-refractivity contribution in [3.05, 3.63) is 11.6 Å². The molecule has 1 atom stereocenters. The van der Waals surface area contributed by atoms with Crippen LogP contribution in [0.1, 0.15) is 63.5 Å². The molecule has 1 unspecified atom stereocenters. The smallest absolute Gasteiger partial charge is 0.153 e. The SMILES string of the molecule is CC(C)c1nc(C(C)C)n(C(C)S)n1. The van der Waals surface area contributed by atoms with E-state index in [0.717, 1.165) is 11.6 Å². The van der Waals surface area contributed by atoms with E-state index in [2.05, 4.69) is 50.4 Å². The van der Waals surface area contributed by atoms with Crippen molar-refractivity contribution in [1.82, 2.24) is 14.8 Å². The lowest BCUT2D eigenvalue weighted by Gasteiger charge is -2.10. The molecule has 80 valence electrons. The molecule has 0 fully saturated rings. The minimum absolute atomic E-state index is 0.0902. The van der Waals surface area contributed by atoms with Gasteiger partial charge in [0, 0.05) is 11.8 Å². The highest BCUT2D eigenvalue weighted by Crippen LogP contribution is 2.21. The zero-order valence-electron chi connectivity index (χ0n) is 9.52. The third-order valence-corrected chi connectivity index (χ3v) is 2.28. The summed E-state index contributed by atoms with van der Waals surface area (Å²) >= 11 is 4.39. The van der Waals surface area contributed by atoms with E-state index >= 15 is 0 Å². The Bertz CT molecular complexity index is 277. The molecule has 1 heterocycles. The summed E-state index contributed by atoms with van der Waals surface area (Å²) in [5.41, 5.74) is 0. The molecule has 0 saturated carbocycles. The van der Waals surface area contributed by atoms with Crippen molar-refractivity contribution in [1.29, 1.82) is 0 Å². The van der Waals surface area contributed by atoms with Crippen molar-refractivity contribution in [2.75, 3.05) is 0 Å². The Kier molecular flexibility index (Phi) is 3.59. The van der Waals surface area contributed by atoms with Crippen LogP contribution in [0.5, 0.6) is 0 Å². The van der Waals surface area contributed by atoms with Crippen molar-refractivity contribution in [2.45, 2.75) is 51.8 Å². The van der Waals surface area contributed by atoms with Gasteiger partial charge in [0.15, 0.2) is 5.82 Å². The number of aromatic nitrogens is 3. The van der Waals surface area contributed by atoms with E-state index in [1.165, 1.54) is 0 Å². The molecule has 14 heavy (non-hydrogen) atoms. The molecule has 0 spiro atoms. The molecule has 0 radical (unpaired) electrons. The van der Waals surface area contributed by atoms with Gasteiger partial charge in [-0.2, -0.15) is 17.7 Å². The number of hydrogen-bond donors (Lipinski definition) is 1. The zero-order valence-corrected chi connectivity index (χ0v) is 10.4. The van der Waals surface area contributed by atoms with E-state index in [-0.39, 0.29) is 5.37 Å². The Morgan fingerprint density at radius 1 is 1.07 bits per heavy atom. The molecule has 4 heteroatoms. The summed E-state index contributed by atoms with van der Waals surface area (Å²) in [5, 5.41) is 4.55. The van der Waals surface area contributed by atoms with Gasteiger partial charge in [-0.05, 0) is 6.92 Å². The van der Waals surface area contributed by atoms with Crippen LogP contribution in [-0.4, -0.2) is 14.8 Å². The van der Waals surface area contributed by atoms with Gasteiger partial charge >= 0.3 is 0 Å². The summed E-state index contributed by atoms with van der Waals surface area (Å²) in [4.78, 5) is 4.53. The topological polar surface area (TPSA) is 30.7 Å². The molecule has 0 N–H and O–H groups in total. The highest BCUT2D eigenvalue weighted by Gasteiger charge is 2.16. The fraction of sp³-hybridized carbons (Fsp3) is 0.800. The number of hydrogen-bond acceptors (Lipinski definition) is 3. The van der Waals surface area contributed by atoms with E-state index in [4.69, 9.17) is 0 Å². The van der Waals surface area contributed by atoms with Crippen LogP contribution in [0.15, 0.2) is 0 Å². The maximum atomic E-state index is 4.53. The van der Waals surface area contributed by atoms with Crippen molar-refractivity contribution in [3.63, 3.8) is 0 Å². The van der Waals surface area contributed by atoms with Gasteiger partial charge in [0.05, 0.1) is 5.37 Å². The first-order valence-electron chi connectivity index (χ1n) is 5.07. The van der Waals surface area contributed by atoms with Crippen LogP contribution in [0, 0.1) is 0 Å². The molecular formula is C10H19N3S. The van der Waals surface area contributed by atoms with Crippen molar-refractivity contribution in [2.24, 2.45) is 0 Å². The third kappa shape index (κ3) is 2.29. The number of nitrogens with zero attached hydrogens (tertiary/aromatic N) is 3. The van der Waals surface area contributed by atoms with Gasteiger partial charge in [0.25, 0.3) is 0 Å². The molecule has 1 aromatic heterocycles. The molecule has 0 aliphatic heterocycles. The van der Waals surface area contributed by atoms with Crippen molar-refractivity contribution in [3.8, 4) is 0 Å². The lowest BCUT2D eigenvalue weighted by Crippen LogP contribution is -2.07. The van der Waals surface area contributed by atoms with Crippen LogP contribution in [0.25, 0.3) is 0 Å². The maximum absolute atomic E-state index is 4.53. The van der Waals surface area contributed by atoms with Gasteiger partial charge in [-0.25, -0.2) is 9.67 Å². The quantitative estimate of drug-likeness (QED) is 0.782. The lowest BCUT2D eigenvalue weighted by atomic mass is 10.2. The van der Waals surface area contributed by atoms with E-state index in [9.17, 15) is 0 Å². The third-order valence-electron chi connectivity index (χ3n) is 2.06. The first-order valence-corrected chi connectivity index (χ1v) is 5.59. The number of thiol groups is 1. The molecule has 1 aromatic rings. The zero-order chi connectivity index (χ0) is 10.9. The predicted octanol–water partition coefficient (Wildman–Crippen LogP) is 2.97. The van der Waals surface area contributed by atoms with Gasteiger partial charge in [-0.1, -0.05) is 27.7 Å².